The molecule has 0 atom stereocenters. The Bertz CT molecular complexity index is 618. The number of nitrogen functional groups attached to an aromatic ring is 1. The number of hydrogen-bond acceptors (Lipinski definition) is 3. The highest BCUT2D eigenvalue weighted by atomic mass is 16.2. The SMILES string of the molecule is CCn1cc(N)c(C(=O)N(C)Cc2ccccc2C)n1. The van der Waals surface area contributed by atoms with Crippen LogP contribution in [0.25, 0.3) is 0 Å². The average molecular weight is 272 g/mol. The Labute approximate surface area is 119 Å². The van der Waals surface area contributed by atoms with Crippen LogP contribution < -0.4 is 5.73 Å². The number of nitrogens with two attached hydrogens (primary N) is 1. The minimum atomic E-state index is -0.155. The van der Waals surface area contributed by atoms with E-state index in [1.165, 1.54) is 5.56 Å². The summed E-state index contributed by atoms with van der Waals surface area (Å²) in [6.45, 7) is 5.23. The van der Waals surface area contributed by atoms with Gasteiger partial charge in [0.1, 0.15) is 0 Å². The summed E-state index contributed by atoms with van der Waals surface area (Å²) in [5, 5.41) is 4.21. The van der Waals surface area contributed by atoms with Crippen molar-refractivity contribution in [2.45, 2.75) is 26.9 Å². The van der Waals surface area contributed by atoms with Crippen molar-refractivity contribution in [2.75, 3.05) is 12.8 Å². The van der Waals surface area contributed by atoms with E-state index in [0.29, 0.717) is 24.5 Å². The smallest absolute Gasteiger partial charge is 0.276 e. The first kappa shape index (κ1) is 14.1. The maximum Gasteiger partial charge on any atom is 0.276 e. The summed E-state index contributed by atoms with van der Waals surface area (Å²) in [5.41, 5.74) is 8.88. The van der Waals surface area contributed by atoms with E-state index in [4.69, 9.17) is 5.73 Å². The molecule has 1 amide bonds. The minimum absolute atomic E-state index is 0.155. The predicted molar refractivity (Wildman–Crippen MR) is 79.3 cm³/mol. The van der Waals surface area contributed by atoms with E-state index in [0.717, 1.165) is 5.56 Å². The van der Waals surface area contributed by atoms with E-state index in [1.807, 2.05) is 38.1 Å². The summed E-state index contributed by atoms with van der Waals surface area (Å²) in [5.74, 6) is -0.155. The van der Waals surface area contributed by atoms with Crippen molar-refractivity contribution in [2.24, 2.45) is 0 Å². The highest BCUT2D eigenvalue weighted by Gasteiger charge is 2.19. The molecule has 0 unspecified atom stereocenters. The summed E-state index contributed by atoms with van der Waals surface area (Å²) in [7, 11) is 1.76. The standard InChI is InChI=1S/C15H20N4O/c1-4-19-10-13(16)14(17-19)15(20)18(3)9-12-8-6-5-7-11(12)2/h5-8,10H,4,9,16H2,1-3H3. The Balaban J connectivity index is 2.16. The van der Waals surface area contributed by atoms with Crippen LogP contribution in [0.1, 0.15) is 28.5 Å². The lowest BCUT2D eigenvalue weighted by Gasteiger charge is -2.17. The number of rotatable bonds is 4. The summed E-state index contributed by atoms with van der Waals surface area (Å²) in [6, 6.07) is 8.02. The van der Waals surface area contributed by atoms with Crippen LogP contribution in [0, 0.1) is 6.92 Å². The molecule has 1 aromatic carbocycles. The molecular weight excluding hydrogens is 252 g/mol. The molecule has 0 bridgehead atoms. The van der Waals surface area contributed by atoms with Crippen molar-refractivity contribution in [1.82, 2.24) is 14.7 Å². The van der Waals surface area contributed by atoms with Crippen molar-refractivity contribution in [1.29, 1.82) is 0 Å². The van der Waals surface area contributed by atoms with Crippen LogP contribution in [0.3, 0.4) is 0 Å². The third-order valence-electron chi connectivity index (χ3n) is 3.33. The fraction of sp³-hybridized carbons (Fsp3) is 0.333. The van der Waals surface area contributed by atoms with Crippen molar-refractivity contribution in [3.63, 3.8) is 0 Å². The average Bonchev–Trinajstić information content (AvgIpc) is 2.81. The fourth-order valence-electron chi connectivity index (χ4n) is 2.06. The van der Waals surface area contributed by atoms with Gasteiger partial charge in [0.05, 0.1) is 5.69 Å². The number of carbonyl (C=O) groups excluding carboxylic acids is 1. The van der Waals surface area contributed by atoms with Crippen LogP contribution in [-0.4, -0.2) is 27.6 Å². The van der Waals surface area contributed by atoms with Crippen molar-refractivity contribution < 1.29 is 4.79 Å². The quantitative estimate of drug-likeness (QED) is 0.926. The van der Waals surface area contributed by atoms with E-state index >= 15 is 0 Å². The van der Waals surface area contributed by atoms with Gasteiger partial charge in [-0.25, -0.2) is 0 Å². The second-order valence-electron chi connectivity index (χ2n) is 4.88. The molecule has 1 aromatic heterocycles. The van der Waals surface area contributed by atoms with Gasteiger partial charge in [0.15, 0.2) is 5.69 Å². The number of nitrogens with zero attached hydrogens (tertiary/aromatic N) is 3. The summed E-state index contributed by atoms with van der Waals surface area (Å²) < 4.78 is 1.67. The van der Waals surface area contributed by atoms with Crippen molar-refractivity contribution >= 4 is 11.6 Å². The van der Waals surface area contributed by atoms with E-state index in [2.05, 4.69) is 5.10 Å². The summed E-state index contributed by atoms with van der Waals surface area (Å²) in [6.07, 6.45) is 1.69. The summed E-state index contributed by atoms with van der Waals surface area (Å²) >= 11 is 0. The molecule has 0 fully saturated rings. The van der Waals surface area contributed by atoms with Crippen molar-refractivity contribution in [3.05, 3.63) is 47.3 Å². The van der Waals surface area contributed by atoms with Crippen LogP contribution in [0.2, 0.25) is 0 Å². The van der Waals surface area contributed by atoms with Gasteiger partial charge in [-0.1, -0.05) is 24.3 Å². The van der Waals surface area contributed by atoms with Crippen LogP contribution in [0.15, 0.2) is 30.5 Å². The van der Waals surface area contributed by atoms with Gasteiger partial charge >= 0.3 is 0 Å². The molecule has 2 N–H and O–H groups in total. The highest BCUT2D eigenvalue weighted by Crippen LogP contribution is 2.15. The molecule has 1 heterocycles. The first-order valence-electron chi connectivity index (χ1n) is 6.65. The monoisotopic (exact) mass is 272 g/mol. The number of benzene rings is 1. The zero-order chi connectivity index (χ0) is 14.7. The molecule has 106 valence electrons. The second kappa shape index (κ2) is 5.77. The molecule has 0 saturated heterocycles. The van der Waals surface area contributed by atoms with Crippen molar-refractivity contribution in [3.8, 4) is 0 Å². The number of aryl methyl sites for hydroxylation is 2. The Kier molecular flexibility index (Phi) is 4.08. The van der Waals surface area contributed by atoms with E-state index < -0.39 is 0 Å². The topological polar surface area (TPSA) is 64.2 Å². The van der Waals surface area contributed by atoms with Crippen LogP contribution >= 0.6 is 0 Å². The third kappa shape index (κ3) is 2.82. The van der Waals surface area contributed by atoms with Gasteiger partial charge in [-0.2, -0.15) is 5.10 Å². The molecule has 2 rings (SSSR count). The van der Waals surface area contributed by atoms with E-state index in [9.17, 15) is 4.79 Å². The largest absolute Gasteiger partial charge is 0.396 e. The van der Waals surface area contributed by atoms with Crippen LogP contribution in [0.4, 0.5) is 5.69 Å². The van der Waals surface area contributed by atoms with Gasteiger partial charge in [0.2, 0.25) is 0 Å². The van der Waals surface area contributed by atoms with Gasteiger partial charge in [0, 0.05) is 26.3 Å². The summed E-state index contributed by atoms with van der Waals surface area (Å²) in [4.78, 5) is 14.0. The van der Waals surface area contributed by atoms with Gasteiger partial charge in [-0.15, -0.1) is 0 Å². The van der Waals surface area contributed by atoms with Crippen LogP contribution in [0.5, 0.6) is 0 Å². The lowest BCUT2D eigenvalue weighted by Crippen LogP contribution is -2.27. The Morgan fingerprint density at radius 3 is 2.70 bits per heavy atom. The Morgan fingerprint density at radius 1 is 1.40 bits per heavy atom. The molecule has 2 aromatic rings. The zero-order valence-corrected chi connectivity index (χ0v) is 12.1. The first-order chi connectivity index (χ1) is 9.52. The minimum Gasteiger partial charge on any atom is -0.396 e. The van der Waals surface area contributed by atoms with E-state index in [-0.39, 0.29) is 5.91 Å². The zero-order valence-electron chi connectivity index (χ0n) is 12.1. The molecule has 5 heteroatoms. The molecule has 0 radical (unpaired) electrons. The number of anilines is 1. The molecule has 0 aliphatic carbocycles. The molecular formula is C15H20N4O. The van der Waals surface area contributed by atoms with Gasteiger partial charge in [0.25, 0.3) is 5.91 Å². The molecule has 0 saturated carbocycles. The lowest BCUT2D eigenvalue weighted by molar-refractivity contribution is 0.0779. The fourth-order valence-corrected chi connectivity index (χ4v) is 2.06. The first-order valence-corrected chi connectivity index (χ1v) is 6.65. The van der Waals surface area contributed by atoms with Gasteiger partial charge in [-0.3, -0.25) is 9.48 Å². The number of hydrogen-bond donors (Lipinski definition) is 1. The predicted octanol–water partition coefficient (Wildman–Crippen LogP) is 2.07. The molecule has 0 aliphatic rings. The Morgan fingerprint density at radius 2 is 2.10 bits per heavy atom. The maximum atomic E-state index is 12.4. The van der Waals surface area contributed by atoms with E-state index in [1.54, 1.807) is 22.8 Å². The molecule has 0 aliphatic heterocycles. The highest BCUT2D eigenvalue weighted by molar-refractivity contribution is 5.96. The number of aromatic nitrogens is 2. The lowest BCUT2D eigenvalue weighted by atomic mass is 10.1. The third-order valence-corrected chi connectivity index (χ3v) is 3.33. The normalized spacial score (nSPS) is 10.6. The maximum absolute atomic E-state index is 12.4. The Hall–Kier alpha value is -2.30. The van der Waals surface area contributed by atoms with Gasteiger partial charge < -0.3 is 10.6 Å². The number of amides is 1. The van der Waals surface area contributed by atoms with Crippen LogP contribution in [-0.2, 0) is 13.1 Å². The molecule has 5 nitrogen and oxygen atoms in total. The molecule has 20 heavy (non-hydrogen) atoms. The van der Waals surface area contributed by atoms with Gasteiger partial charge in [-0.05, 0) is 25.0 Å². The molecule has 0 spiro atoms. The second-order valence-corrected chi connectivity index (χ2v) is 4.88. The number of carbonyl (C=O) groups is 1.